The highest BCUT2D eigenvalue weighted by molar-refractivity contribution is 7.89. The zero-order valence-electron chi connectivity index (χ0n) is 18.6. The van der Waals surface area contributed by atoms with Gasteiger partial charge in [0.2, 0.25) is 10.0 Å². The first kappa shape index (κ1) is 25.5. The number of hydrogen-bond acceptors (Lipinski definition) is 5. The molecule has 0 atom stereocenters. The van der Waals surface area contributed by atoms with Gasteiger partial charge in [0.25, 0.3) is 5.91 Å². The van der Waals surface area contributed by atoms with Crippen LogP contribution in [0.4, 0.5) is 13.2 Å². The fourth-order valence-corrected chi connectivity index (χ4v) is 4.57. The molecule has 3 aromatic rings. The van der Waals surface area contributed by atoms with E-state index in [1.165, 1.54) is 22.8 Å². The molecule has 0 saturated heterocycles. The van der Waals surface area contributed by atoms with Crippen LogP contribution in [-0.2, 0) is 21.4 Å². The molecule has 4 rings (SSSR count). The number of carbonyl (C=O) groups excluding carboxylic acids is 2. The molecule has 36 heavy (non-hydrogen) atoms. The van der Waals surface area contributed by atoms with Crippen molar-refractivity contribution >= 4 is 49.8 Å². The summed E-state index contributed by atoms with van der Waals surface area (Å²) in [6, 6.07) is 9.76. The zero-order chi connectivity index (χ0) is 26.3. The van der Waals surface area contributed by atoms with Gasteiger partial charge in [0, 0.05) is 40.0 Å². The van der Waals surface area contributed by atoms with Crippen LogP contribution in [0.3, 0.4) is 0 Å². The number of rotatable bonds is 6. The van der Waals surface area contributed by atoms with Crippen LogP contribution in [0.5, 0.6) is 5.75 Å². The average molecular weight is 539 g/mol. The molecule has 0 aliphatic heterocycles. The summed E-state index contributed by atoms with van der Waals surface area (Å²) in [6.45, 7) is -0.0335. The maximum absolute atomic E-state index is 13.3. The molecule has 1 amide bonds. The fourth-order valence-electron chi connectivity index (χ4n) is 3.96. The molecule has 1 heterocycles. The van der Waals surface area contributed by atoms with Crippen molar-refractivity contribution in [2.75, 3.05) is 6.26 Å². The summed E-state index contributed by atoms with van der Waals surface area (Å²) in [5.41, 5.74) is 1.26. The van der Waals surface area contributed by atoms with Crippen molar-refractivity contribution in [3.63, 3.8) is 0 Å². The third kappa shape index (κ3) is 5.63. The molecule has 0 unspecified atom stereocenters. The SMILES string of the molecule is CS(=O)(=O)NC(=O)c1c(C2=CC=CCC2=O)c2cc(Cl)ccc2n1Cc1ccc(OC(F)(F)F)cc1. The van der Waals surface area contributed by atoms with Crippen molar-refractivity contribution in [1.29, 1.82) is 0 Å². The zero-order valence-corrected chi connectivity index (χ0v) is 20.2. The lowest BCUT2D eigenvalue weighted by molar-refractivity contribution is -0.274. The van der Waals surface area contributed by atoms with Gasteiger partial charge >= 0.3 is 6.36 Å². The Hall–Kier alpha value is -3.57. The molecule has 1 N–H and O–H groups in total. The van der Waals surface area contributed by atoms with Crippen molar-refractivity contribution in [3.05, 3.63) is 82.5 Å². The molecule has 188 valence electrons. The van der Waals surface area contributed by atoms with Gasteiger partial charge in [0.15, 0.2) is 5.78 Å². The molecule has 12 heteroatoms. The molecular formula is C24H18ClF3N2O5S. The monoisotopic (exact) mass is 538 g/mol. The second-order valence-corrected chi connectivity index (χ2v) is 10.2. The summed E-state index contributed by atoms with van der Waals surface area (Å²) in [6.07, 6.45) is 0.902. The van der Waals surface area contributed by atoms with Crippen LogP contribution in [0.15, 0.2) is 60.7 Å². The lowest BCUT2D eigenvalue weighted by Gasteiger charge is -2.14. The highest BCUT2D eigenvalue weighted by atomic mass is 35.5. The quantitative estimate of drug-likeness (QED) is 0.484. The van der Waals surface area contributed by atoms with Gasteiger partial charge in [-0.25, -0.2) is 13.1 Å². The topological polar surface area (TPSA) is 94.5 Å². The minimum absolute atomic E-state index is 0.0335. The number of carbonyl (C=O) groups is 2. The number of alkyl halides is 3. The van der Waals surface area contributed by atoms with Crippen LogP contribution in [-0.4, -0.2) is 37.3 Å². The van der Waals surface area contributed by atoms with E-state index in [9.17, 15) is 31.2 Å². The molecule has 2 aromatic carbocycles. The molecule has 1 aromatic heterocycles. The third-order valence-corrected chi connectivity index (χ3v) is 6.08. The Morgan fingerprint density at radius 1 is 1.17 bits per heavy atom. The minimum atomic E-state index is -4.85. The summed E-state index contributed by atoms with van der Waals surface area (Å²) >= 11 is 6.21. The molecular weight excluding hydrogens is 521 g/mol. The van der Waals surface area contributed by atoms with E-state index < -0.39 is 28.0 Å². The molecule has 1 aliphatic rings. The van der Waals surface area contributed by atoms with E-state index in [2.05, 4.69) is 4.74 Å². The maximum Gasteiger partial charge on any atom is 0.573 e. The molecule has 0 bridgehead atoms. The number of aromatic nitrogens is 1. The largest absolute Gasteiger partial charge is 0.573 e. The summed E-state index contributed by atoms with van der Waals surface area (Å²) < 4.78 is 68.7. The molecule has 1 aliphatic carbocycles. The van der Waals surface area contributed by atoms with Crippen molar-refractivity contribution in [2.45, 2.75) is 19.3 Å². The smallest absolute Gasteiger partial charge is 0.406 e. The molecule has 7 nitrogen and oxygen atoms in total. The normalized spacial score (nSPS) is 14.1. The summed E-state index contributed by atoms with van der Waals surface area (Å²) in [5, 5.41) is 0.761. The summed E-state index contributed by atoms with van der Waals surface area (Å²) in [5.74, 6) is -1.67. The van der Waals surface area contributed by atoms with Crippen LogP contribution >= 0.6 is 11.6 Å². The van der Waals surface area contributed by atoms with Crippen LogP contribution in [0.25, 0.3) is 16.5 Å². The number of allylic oxidation sites excluding steroid dienone is 4. The number of Topliss-reactive ketones (excluding diaryl/α,β-unsaturated/α-hetero) is 1. The number of nitrogens with one attached hydrogen (secondary N) is 1. The van der Waals surface area contributed by atoms with E-state index >= 15 is 0 Å². The number of ketones is 1. The standard InChI is InChI=1S/C24H18ClF3N2O5S/c1-36(33,34)29-23(32)22-21(17-4-2-3-5-20(17)31)18-12-15(25)8-11-19(18)30(22)13-14-6-9-16(10-7-14)35-24(26,27)28/h2-4,6-12H,5,13H2,1H3,(H,29,32). The molecule has 0 fully saturated rings. The van der Waals surface area contributed by atoms with Crippen LogP contribution in [0, 0.1) is 0 Å². The van der Waals surface area contributed by atoms with Crippen molar-refractivity contribution in [3.8, 4) is 5.75 Å². The highest BCUT2D eigenvalue weighted by Gasteiger charge is 2.31. The summed E-state index contributed by atoms with van der Waals surface area (Å²) in [4.78, 5) is 26.0. The van der Waals surface area contributed by atoms with Gasteiger partial charge in [0.1, 0.15) is 11.4 Å². The first-order valence-corrected chi connectivity index (χ1v) is 12.7. The van der Waals surface area contributed by atoms with Gasteiger partial charge in [-0.15, -0.1) is 13.2 Å². The second-order valence-electron chi connectivity index (χ2n) is 8.00. The van der Waals surface area contributed by atoms with E-state index in [0.29, 0.717) is 21.5 Å². The Labute approximate surface area is 208 Å². The maximum atomic E-state index is 13.3. The van der Waals surface area contributed by atoms with Crippen molar-refractivity contribution in [1.82, 2.24) is 9.29 Å². The predicted molar refractivity (Wildman–Crippen MR) is 128 cm³/mol. The number of hydrogen-bond donors (Lipinski definition) is 1. The first-order chi connectivity index (χ1) is 16.8. The Bertz CT molecular complexity index is 1540. The number of fused-ring (bicyclic) bond motifs is 1. The van der Waals surface area contributed by atoms with Gasteiger partial charge in [-0.3, -0.25) is 9.59 Å². The Kier molecular flexibility index (Phi) is 6.72. The third-order valence-electron chi connectivity index (χ3n) is 5.29. The number of halogens is 4. The van der Waals surface area contributed by atoms with E-state index in [1.807, 2.05) is 4.72 Å². The Morgan fingerprint density at radius 3 is 2.47 bits per heavy atom. The van der Waals surface area contributed by atoms with Gasteiger partial charge in [-0.2, -0.15) is 0 Å². The predicted octanol–water partition coefficient (Wildman–Crippen LogP) is 4.84. The van der Waals surface area contributed by atoms with Crippen LogP contribution < -0.4 is 9.46 Å². The number of benzene rings is 2. The minimum Gasteiger partial charge on any atom is -0.406 e. The summed E-state index contributed by atoms with van der Waals surface area (Å²) in [7, 11) is -3.97. The lowest BCUT2D eigenvalue weighted by atomic mass is 9.93. The number of nitrogens with zero attached hydrogens (tertiary/aromatic N) is 1. The Balaban J connectivity index is 1.92. The second kappa shape index (κ2) is 9.47. The van der Waals surface area contributed by atoms with Gasteiger partial charge in [0.05, 0.1) is 6.26 Å². The van der Waals surface area contributed by atoms with Crippen LogP contribution in [0.1, 0.15) is 28.0 Å². The number of sulfonamides is 1. The first-order valence-electron chi connectivity index (χ1n) is 10.4. The highest BCUT2D eigenvalue weighted by Crippen LogP contribution is 2.36. The van der Waals surface area contributed by atoms with E-state index in [1.54, 1.807) is 30.4 Å². The van der Waals surface area contributed by atoms with E-state index in [-0.39, 0.29) is 35.6 Å². The van der Waals surface area contributed by atoms with E-state index in [0.717, 1.165) is 18.4 Å². The molecule has 0 saturated carbocycles. The van der Waals surface area contributed by atoms with Crippen molar-refractivity contribution in [2.24, 2.45) is 0 Å². The molecule has 0 radical (unpaired) electrons. The fraction of sp³-hybridized carbons (Fsp3) is 0.167. The van der Waals surface area contributed by atoms with E-state index in [4.69, 9.17) is 11.6 Å². The van der Waals surface area contributed by atoms with Gasteiger partial charge < -0.3 is 9.30 Å². The lowest BCUT2D eigenvalue weighted by Crippen LogP contribution is -2.32. The van der Waals surface area contributed by atoms with Gasteiger partial charge in [-0.05, 0) is 35.9 Å². The molecule has 0 spiro atoms. The number of amides is 1. The Morgan fingerprint density at radius 2 is 1.86 bits per heavy atom. The average Bonchev–Trinajstić information content (AvgIpc) is 3.06. The van der Waals surface area contributed by atoms with Gasteiger partial charge in [-0.1, -0.05) is 42.0 Å². The van der Waals surface area contributed by atoms with Crippen LogP contribution in [0.2, 0.25) is 5.02 Å². The number of ether oxygens (including phenoxy) is 1. The van der Waals surface area contributed by atoms with Crippen molar-refractivity contribution < 1.29 is 35.9 Å².